The van der Waals surface area contributed by atoms with Crippen molar-refractivity contribution in [1.82, 2.24) is 4.98 Å². The quantitative estimate of drug-likeness (QED) is 0.388. The average Bonchev–Trinajstić information content (AvgIpc) is 3.30. The smallest absolute Gasteiger partial charge is 0.336 e. The minimum Gasteiger partial charge on any atom is -0.468 e. The molecular formula is C29H31N3O4S. The van der Waals surface area contributed by atoms with Crippen molar-refractivity contribution < 1.29 is 19.1 Å². The molecule has 192 valence electrons. The van der Waals surface area contributed by atoms with Crippen LogP contribution in [0.1, 0.15) is 42.0 Å². The van der Waals surface area contributed by atoms with Crippen molar-refractivity contribution in [2.45, 2.75) is 40.5 Å². The van der Waals surface area contributed by atoms with Crippen molar-refractivity contribution in [3.63, 3.8) is 0 Å². The van der Waals surface area contributed by atoms with Crippen LogP contribution in [0.15, 0.2) is 58.0 Å². The number of hydrogen-bond acceptors (Lipinski definition) is 8. The fourth-order valence-electron chi connectivity index (χ4n) is 5.21. The van der Waals surface area contributed by atoms with E-state index in [-0.39, 0.29) is 0 Å². The Morgan fingerprint density at radius 2 is 1.65 bits per heavy atom. The van der Waals surface area contributed by atoms with Crippen LogP contribution in [0.4, 0.5) is 10.8 Å². The molecule has 0 amide bonds. The lowest BCUT2D eigenvalue weighted by Crippen LogP contribution is -2.36. The van der Waals surface area contributed by atoms with Crippen molar-refractivity contribution in [3.8, 4) is 11.3 Å². The van der Waals surface area contributed by atoms with E-state index < -0.39 is 23.8 Å². The lowest BCUT2D eigenvalue weighted by Gasteiger charge is -2.32. The second-order valence-corrected chi connectivity index (χ2v) is 10.1. The largest absolute Gasteiger partial charge is 0.468 e. The fourth-order valence-corrected chi connectivity index (χ4v) is 5.92. The molecule has 8 heteroatoms. The number of allylic oxidation sites excluding steroid dienone is 1. The zero-order valence-corrected chi connectivity index (χ0v) is 22.9. The van der Waals surface area contributed by atoms with Gasteiger partial charge in [-0.2, -0.15) is 0 Å². The first-order valence-corrected chi connectivity index (χ1v) is 12.9. The van der Waals surface area contributed by atoms with E-state index in [0.717, 1.165) is 22.5 Å². The molecule has 0 saturated heterocycles. The van der Waals surface area contributed by atoms with Crippen LogP contribution in [-0.4, -0.2) is 36.9 Å². The van der Waals surface area contributed by atoms with Crippen molar-refractivity contribution in [1.29, 1.82) is 0 Å². The number of aromatic nitrogens is 1. The maximum Gasteiger partial charge on any atom is 0.336 e. The van der Waals surface area contributed by atoms with E-state index in [1.54, 1.807) is 13.8 Å². The number of carbonyl (C=O) groups is 2. The number of benzene rings is 2. The summed E-state index contributed by atoms with van der Waals surface area (Å²) in [5.74, 6) is -2.39. The molecule has 2 aromatic carbocycles. The van der Waals surface area contributed by atoms with Crippen molar-refractivity contribution in [3.05, 3.63) is 75.3 Å². The molecule has 0 fully saturated rings. The number of nitrogens with one attached hydrogen (secondary N) is 1. The maximum absolute atomic E-state index is 12.9. The summed E-state index contributed by atoms with van der Waals surface area (Å²) < 4.78 is 10.2. The molecule has 0 radical (unpaired) electrons. The lowest BCUT2D eigenvalue weighted by molar-refractivity contribution is -0.143. The molecule has 2 atom stereocenters. The van der Waals surface area contributed by atoms with Gasteiger partial charge < -0.3 is 14.8 Å². The number of nitrogens with zero attached hydrogens (tertiary/aromatic N) is 2. The highest BCUT2D eigenvalue weighted by Gasteiger charge is 2.43. The number of para-hydroxylation sites is 1. The second-order valence-electron chi connectivity index (χ2n) is 9.25. The number of esters is 2. The van der Waals surface area contributed by atoms with Gasteiger partial charge in [-0.05, 0) is 57.4 Å². The minimum atomic E-state index is -0.768. The van der Waals surface area contributed by atoms with Gasteiger partial charge in [-0.15, -0.1) is 11.3 Å². The van der Waals surface area contributed by atoms with E-state index in [1.807, 2.05) is 29.6 Å². The number of rotatable bonds is 6. The van der Waals surface area contributed by atoms with Crippen molar-refractivity contribution in [2.75, 3.05) is 19.5 Å². The molecule has 4 rings (SSSR count). The zero-order chi connectivity index (χ0) is 26.9. The Labute approximate surface area is 221 Å². The third kappa shape index (κ3) is 5.06. The number of anilines is 2. The number of aryl methyl sites for hydroxylation is 3. The Morgan fingerprint density at radius 3 is 2.30 bits per heavy atom. The van der Waals surface area contributed by atoms with Crippen molar-refractivity contribution in [2.24, 2.45) is 10.9 Å². The van der Waals surface area contributed by atoms with E-state index in [0.29, 0.717) is 22.1 Å². The molecule has 0 aliphatic carbocycles. The van der Waals surface area contributed by atoms with Gasteiger partial charge in [0.1, 0.15) is 5.92 Å². The Bertz CT molecular complexity index is 1410. The Kier molecular flexibility index (Phi) is 7.59. The summed E-state index contributed by atoms with van der Waals surface area (Å²) in [4.78, 5) is 35.2. The van der Waals surface area contributed by atoms with Gasteiger partial charge in [0.25, 0.3) is 0 Å². The molecule has 1 N–H and O–H groups in total. The van der Waals surface area contributed by atoms with Crippen LogP contribution in [0.3, 0.4) is 0 Å². The highest BCUT2D eigenvalue weighted by Crippen LogP contribution is 2.43. The summed E-state index contributed by atoms with van der Waals surface area (Å²) in [6, 6.07) is 11.9. The Morgan fingerprint density at radius 1 is 0.973 bits per heavy atom. The van der Waals surface area contributed by atoms with E-state index in [1.165, 1.54) is 42.2 Å². The lowest BCUT2D eigenvalue weighted by atomic mass is 9.75. The molecule has 1 aromatic heterocycles. The molecule has 2 unspecified atom stereocenters. The number of aliphatic imine (C=N–C) groups is 1. The zero-order valence-electron chi connectivity index (χ0n) is 22.1. The standard InChI is InChI=1S/C29H31N3O4S/c1-15-12-16(2)23(17(3)13-15)22-14-37-29(32-22)31-21-11-9-8-10-20(21)26-24(27(33)35-6)18(4)30-19(5)25(26)28(34)36-7/h8-14,24,26H,1-7H3,(H,31,32). The van der Waals surface area contributed by atoms with Gasteiger partial charge >= 0.3 is 11.9 Å². The molecule has 7 nitrogen and oxygen atoms in total. The highest BCUT2D eigenvalue weighted by atomic mass is 32.1. The van der Waals surface area contributed by atoms with Crippen molar-refractivity contribution >= 4 is 39.8 Å². The van der Waals surface area contributed by atoms with Crippen LogP contribution < -0.4 is 5.32 Å². The van der Waals surface area contributed by atoms with Gasteiger partial charge in [-0.3, -0.25) is 9.79 Å². The minimum absolute atomic E-state index is 0.337. The van der Waals surface area contributed by atoms with Gasteiger partial charge in [-0.1, -0.05) is 35.9 Å². The first-order chi connectivity index (χ1) is 17.7. The number of carbonyl (C=O) groups excluding carboxylic acids is 2. The summed E-state index contributed by atoms with van der Waals surface area (Å²) in [7, 11) is 2.67. The monoisotopic (exact) mass is 517 g/mol. The van der Waals surface area contributed by atoms with Crippen LogP contribution in [0.2, 0.25) is 0 Å². The molecule has 2 heterocycles. The summed E-state index contributed by atoms with van der Waals surface area (Å²) in [5, 5.41) is 6.18. The second kappa shape index (κ2) is 10.7. The number of hydrogen-bond donors (Lipinski definition) is 1. The van der Waals surface area contributed by atoms with E-state index in [2.05, 4.69) is 43.2 Å². The molecule has 37 heavy (non-hydrogen) atoms. The van der Waals surface area contributed by atoms with Gasteiger partial charge in [0.15, 0.2) is 5.13 Å². The topological polar surface area (TPSA) is 89.9 Å². The summed E-state index contributed by atoms with van der Waals surface area (Å²) in [5.41, 5.74) is 8.53. The van der Waals surface area contributed by atoms with Crippen LogP contribution in [0.5, 0.6) is 0 Å². The van der Waals surface area contributed by atoms with Gasteiger partial charge in [0.2, 0.25) is 0 Å². The maximum atomic E-state index is 12.9. The summed E-state index contributed by atoms with van der Waals surface area (Å²) in [6.07, 6.45) is 0. The van der Waals surface area contributed by atoms with Crippen LogP contribution in [-0.2, 0) is 19.1 Å². The fraction of sp³-hybridized carbons (Fsp3) is 0.310. The number of ether oxygens (including phenoxy) is 2. The van der Waals surface area contributed by atoms with E-state index in [4.69, 9.17) is 14.5 Å². The molecule has 1 aliphatic rings. The van der Waals surface area contributed by atoms with Crippen LogP contribution in [0.25, 0.3) is 11.3 Å². The van der Waals surface area contributed by atoms with Gasteiger partial charge in [0.05, 0.1) is 25.5 Å². The van der Waals surface area contributed by atoms with Crippen LogP contribution >= 0.6 is 11.3 Å². The molecule has 0 saturated carbocycles. The molecule has 0 bridgehead atoms. The SMILES string of the molecule is COC(=O)C1=C(C)N=C(C)C(C(=O)OC)C1c1ccccc1Nc1nc(-c2c(C)cc(C)cc2C)cs1. The molecule has 3 aromatic rings. The van der Waals surface area contributed by atoms with Gasteiger partial charge in [0, 0.05) is 34.0 Å². The predicted octanol–water partition coefficient (Wildman–Crippen LogP) is 6.27. The molecule has 0 spiro atoms. The number of thiazole rings is 1. The highest BCUT2D eigenvalue weighted by molar-refractivity contribution is 7.14. The average molecular weight is 518 g/mol. The molecular weight excluding hydrogens is 486 g/mol. The first kappa shape index (κ1) is 26.3. The Hall–Kier alpha value is -3.78. The summed E-state index contributed by atoms with van der Waals surface area (Å²) in [6.45, 7) is 9.82. The van der Waals surface area contributed by atoms with Crippen LogP contribution in [0, 0.1) is 26.7 Å². The first-order valence-electron chi connectivity index (χ1n) is 12.0. The predicted molar refractivity (Wildman–Crippen MR) is 148 cm³/mol. The molecule has 1 aliphatic heterocycles. The van der Waals surface area contributed by atoms with Gasteiger partial charge in [-0.25, -0.2) is 9.78 Å². The third-order valence-electron chi connectivity index (χ3n) is 6.66. The summed E-state index contributed by atoms with van der Waals surface area (Å²) >= 11 is 1.50. The number of methoxy groups -OCH3 is 2. The third-order valence-corrected chi connectivity index (χ3v) is 7.42. The van der Waals surface area contributed by atoms with E-state index >= 15 is 0 Å². The normalized spacial score (nSPS) is 17.3. The Balaban J connectivity index is 1.78. The van der Waals surface area contributed by atoms with E-state index in [9.17, 15) is 9.59 Å².